The molecular formula is C13H21N3O2. The number of hydrogen-bond donors (Lipinski definition) is 1. The Balaban J connectivity index is -0.000000212. The highest BCUT2D eigenvalue weighted by molar-refractivity contribution is 5.75. The minimum atomic E-state index is 0.0907. The second kappa shape index (κ2) is 20.4. The van der Waals surface area contributed by atoms with Crippen molar-refractivity contribution in [3.05, 3.63) is 0 Å². The van der Waals surface area contributed by atoms with Crippen LogP contribution in [0, 0.1) is 24.7 Å². The summed E-state index contributed by atoms with van der Waals surface area (Å²) in [4.78, 5) is 24.1. The average molecular weight is 251 g/mol. The zero-order valence-electron chi connectivity index (χ0n) is 11.5. The number of amides is 1. The van der Waals surface area contributed by atoms with Crippen molar-refractivity contribution in [1.82, 2.24) is 10.2 Å². The third-order valence-corrected chi connectivity index (χ3v) is 1.43. The van der Waals surface area contributed by atoms with Gasteiger partial charge in [0.2, 0.25) is 12.0 Å². The molecule has 0 radical (unpaired) electrons. The Kier molecular flexibility index (Phi) is 24.0. The summed E-state index contributed by atoms with van der Waals surface area (Å²) in [5, 5.41) is 2.78. The molecule has 0 rings (SSSR count). The molecule has 1 amide bonds. The van der Waals surface area contributed by atoms with Crippen LogP contribution in [0.25, 0.3) is 0 Å². The molecule has 0 fully saturated rings. The summed E-state index contributed by atoms with van der Waals surface area (Å²) in [5.41, 5.74) is 0. The number of nitrogens with one attached hydrogen (secondary N) is 1. The first-order valence-electron chi connectivity index (χ1n) is 5.26. The lowest BCUT2D eigenvalue weighted by Crippen LogP contribution is -2.25. The number of aliphatic imine (C=N–C) groups is 1. The Hall–Kier alpha value is -2.07. The molecule has 0 saturated carbocycles. The lowest BCUT2D eigenvalue weighted by molar-refractivity contribution is -0.128. The van der Waals surface area contributed by atoms with E-state index in [9.17, 15) is 4.79 Å². The molecule has 0 aromatic rings. The Morgan fingerprint density at radius 1 is 1.39 bits per heavy atom. The number of rotatable bonds is 3. The molecule has 0 aromatic carbocycles. The monoisotopic (exact) mass is 251 g/mol. The van der Waals surface area contributed by atoms with E-state index in [0.29, 0.717) is 19.5 Å². The maximum atomic E-state index is 10.7. The van der Waals surface area contributed by atoms with Crippen LogP contribution in [0.2, 0.25) is 0 Å². The first-order valence-corrected chi connectivity index (χ1v) is 5.26. The molecule has 0 aromatic heterocycles. The van der Waals surface area contributed by atoms with Crippen molar-refractivity contribution in [2.24, 2.45) is 4.99 Å². The van der Waals surface area contributed by atoms with E-state index in [1.807, 2.05) is 14.0 Å². The predicted octanol–water partition coefficient (Wildman–Crippen LogP) is 0.279. The maximum Gasteiger partial charge on any atom is 0.234 e. The quantitative estimate of drug-likeness (QED) is 0.445. The summed E-state index contributed by atoms with van der Waals surface area (Å²) in [5.74, 6) is 4.88. The number of terminal acetylenes is 2. The fourth-order valence-corrected chi connectivity index (χ4v) is 0.597. The van der Waals surface area contributed by atoms with Gasteiger partial charge in [-0.05, 0) is 7.05 Å². The number of hydrogen-bond acceptors (Lipinski definition) is 4. The zero-order valence-corrected chi connectivity index (χ0v) is 11.5. The highest BCUT2D eigenvalue weighted by Crippen LogP contribution is 1.86. The Morgan fingerprint density at radius 3 is 2.06 bits per heavy atom. The molecule has 0 spiro atoms. The molecule has 0 bridgehead atoms. The summed E-state index contributed by atoms with van der Waals surface area (Å²) in [7, 11) is 4.90. The lowest BCUT2D eigenvalue weighted by Gasteiger charge is -2.10. The fraction of sp³-hybridized carbons (Fsp3) is 0.538. The van der Waals surface area contributed by atoms with E-state index in [1.165, 1.54) is 18.0 Å². The van der Waals surface area contributed by atoms with E-state index >= 15 is 0 Å². The van der Waals surface area contributed by atoms with Gasteiger partial charge in [-0.25, -0.2) is 9.79 Å². The SMILES string of the molecule is C#CCN(C)C(=O)CC.C#CCNC.CN=C=O. The van der Waals surface area contributed by atoms with Gasteiger partial charge in [0.05, 0.1) is 13.1 Å². The van der Waals surface area contributed by atoms with Gasteiger partial charge < -0.3 is 10.2 Å². The van der Waals surface area contributed by atoms with E-state index in [0.717, 1.165) is 0 Å². The predicted molar refractivity (Wildman–Crippen MR) is 73.6 cm³/mol. The number of nitrogens with zero attached hydrogens (tertiary/aromatic N) is 2. The molecule has 0 saturated heterocycles. The zero-order chi connectivity index (χ0) is 14.8. The van der Waals surface area contributed by atoms with E-state index in [4.69, 9.17) is 17.6 Å². The van der Waals surface area contributed by atoms with E-state index in [2.05, 4.69) is 22.2 Å². The maximum absolute atomic E-state index is 10.7. The third-order valence-electron chi connectivity index (χ3n) is 1.43. The summed E-state index contributed by atoms with van der Waals surface area (Å²) in [6, 6.07) is 0. The van der Waals surface area contributed by atoms with Gasteiger partial charge in [-0.15, -0.1) is 12.8 Å². The molecule has 5 nitrogen and oxygen atoms in total. The summed E-state index contributed by atoms with van der Waals surface area (Å²) >= 11 is 0. The normalized spacial score (nSPS) is 6.78. The van der Waals surface area contributed by atoms with Gasteiger partial charge in [-0.2, -0.15) is 0 Å². The van der Waals surface area contributed by atoms with Crippen molar-refractivity contribution < 1.29 is 9.59 Å². The molecule has 100 valence electrons. The molecule has 0 aliphatic rings. The third kappa shape index (κ3) is 23.6. The first kappa shape index (κ1) is 21.2. The molecule has 1 N–H and O–H groups in total. The molecule has 18 heavy (non-hydrogen) atoms. The molecule has 5 heteroatoms. The van der Waals surface area contributed by atoms with Gasteiger partial charge in [0.25, 0.3) is 0 Å². The van der Waals surface area contributed by atoms with Crippen LogP contribution in [-0.2, 0) is 9.59 Å². The van der Waals surface area contributed by atoms with Crippen molar-refractivity contribution in [1.29, 1.82) is 0 Å². The van der Waals surface area contributed by atoms with E-state index in [-0.39, 0.29) is 5.91 Å². The minimum Gasteiger partial charge on any atom is -0.335 e. The summed E-state index contributed by atoms with van der Waals surface area (Å²) in [6.07, 6.45) is 11.6. The van der Waals surface area contributed by atoms with Crippen LogP contribution in [0.5, 0.6) is 0 Å². The Morgan fingerprint density at radius 2 is 1.89 bits per heavy atom. The number of carbonyl (C=O) groups is 1. The van der Waals surface area contributed by atoms with Crippen LogP contribution < -0.4 is 5.32 Å². The van der Waals surface area contributed by atoms with Crippen molar-refractivity contribution in [2.45, 2.75) is 13.3 Å². The van der Waals surface area contributed by atoms with Crippen molar-refractivity contribution in [2.75, 3.05) is 34.2 Å². The number of carbonyl (C=O) groups excluding carboxylic acids is 2. The minimum absolute atomic E-state index is 0.0907. The first-order chi connectivity index (χ1) is 8.55. The van der Waals surface area contributed by atoms with Crippen molar-refractivity contribution >= 4 is 12.0 Å². The highest BCUT2D eigenvalue weighted by atomic mass is 16.2. The van der Waals surface area contributed by atoms with Crippen LogP contribution in [0.15, 0.2) is 4.99 Å². The van der Waals surface area contributed by atoms with Gasteiger partial charge in [0.15, 0.2) is 0 Å². The van der Waals surface area contributed by atoms with Gasteiger partial charge in [-0.1, -0.05) is 18.8 Å². The van der Waals surface area contributed by atoms with Crippen LogP contribution in [-0.4, -0.2) is 51.1 Å². The Labute approximate surface area is 110 Å². The van der Waals surface area contributed by atoms with Crippen LogP contribution in [0.3, 0.4) is 0 Å². The average Bonchev–Trinajstić information content (AvgIpc) is 2.40. The van der Waals surface area contributed by atoms with Gasteiger partial charge in [-0.3, -0.25) is 4.79 Å². The van der Waals surface area contributed by atoms with Crippen LogP contribution in [0.4, 0.5) is 0 Å². The standard InChI is InChI=1S/C7H11NO.C4H7N.C2H3NO/c1-4-6-8(3)7(9)5-2;1-3-4-5-2;1-3-2-4/h1H,5-6H2,2-3H3;1,5H,4H2,2H3;1H3. The highest BCUT2D eigenvalue weighted by Gasteiger charge is 2.01. The van der Waals surface area contributed by atoms with Crippen molar-refractivity contribution in [3.8, 4) is 24.7 Å². The smallest absolute Gasteiger partial charge is 0.234 e. The summed E-state index contributed by atoms with van der Waals surface area (Å²) < 4.78 is 0. The summed E-state index contributed by atoms with van der Waals surface area (Å²) in [6.45, 7) is 2.89. The topological polar surface area (TPSA) is 61.8 Å². The molecule has 0 aliphatic heterocycles. The molecule has 0 aliphatic carbocycles. The molecule has 0 atom stereocenters. The lowest BCUT2D eigenvalue weighted by atomic mass is 10.4. The van der Waals surface area contributed by atoms with Gasteiger partial charge in [0.1, 0.15) is 0 Å². The largest absolute Gasteiger partial charge is 0.335 e. The van der Waals surface area contributed by atoms with Gasteiger partial charge in [0, 0.05) is 20.5 Å². The molecular weight excluding hydrogens is 230 g/mol. The van der Waals surface area contributed by atoms with E-state index in [1.54, 1.807) is 7.05 Å². The van der Waals surface area contributed by atoms with E-state index < -0.39 is 0 Å². The van der Waals surface area contributed by atoms with Crippen molar-refractivity contribution in [3.63, 3.8) is 0 Å². The molecule has 0 unspecified atom stereocenters. The molecule has 0 heterocycles. The number of isocyanates is 1. The van der Waals surface area contributed by atoms with Crippen LogP contribution >= 0.6 is 0 Å². The second-order valence-electron chi connectivity index (χ2n) is 2.86. The Bertz CT molecular complexity index is 320. The van der Waals surface area contributed by atoms with Gasteiger partial charge >= 0.3 is 0 Å². The fourth-order valence-electron chi connectivity index (χ4n) is 0.597. The second-order valence-corrected chi connectivity index (χ2v) is 2.86. The van der Waals surface area contributed by atoms with Crippen LogP contribution in [0.1, 0.15) is 13.3 Å².